The van der Waals surface area contributed by atoms with Gasteiger partial charge in [0.15, 0.2) is 0 Å². The Labute approximate surface area is 114 Å². The minimum Gasteiger partial charge on any atom is -0.367 e. The Bertz CT molecular complexity index is 427. The lowest BCUT2D eigenvalue weighted by molar-refractivity contribution is 0.0938. The van der Waals surface area contributed by atoms with Gasteiger partial charge in [-0.3, -0.25) is 4.79 Å². The molecule has 1 aliphatic rings. The van der Waals surface area contributed by atoms with E-state index in [-0.39, 0.29) is 11.9 Å². The zero-order valence-corrected chi connectivity index (χ0v) is 11.6. The topological polar surface area (TPSA) is 66.9 Å². The van der Waals surface area contributed by atoms with Crippen LogP contribution in [0.5, 0.6) is 0 Å². The lowest BCUT2D eigenvalue weighted by Crippen LogP contribution is -2.31. The van der Waals surface area contributed by atoms with Crippen molar-refractivity contribution in [2.75, 3.05) is 5.32 Å². The molecule has 1 saturated carbocycles. The van der Waals surface area contributed by atoms with Crippen LogP contribution in [0.1, 0.15) is 56.4 Å². The summed E-state index contributed by atoms with van der Waals surface area (Å²) < 4.78 is 0. The fraction of sp³-hybridized carbons (Fsp3) is 0.643. The van der Waals surface area contributed by atoms with E-state index in [9.17, 15) is 4.79 Å². The van der Waals surface area contributed by atoms with Crippen molar-refractivity contribution >= 4 is 11.7 Å². The van der Waals surface area contributed by atoms with Crippen molar-refractivity contribution in [1.82, 2.24) is 15.3 Å². The number of carbonyl (C=O) groups excluding carboxylic acids is 1. The van der Waals surface area contributed by atoms with Crippen molar-refractivity contribution in [3.05, 3.63) is 18.1 Å². The zero-order valence-electron chi connectivity index (χ0n) is 11.6. The van der Waals surface area contributed by atoms with Gasteiger partial charge in [-0.25, -0.2) is 9.97 Å². The number of nitrogens with zero attached hydrogens (tertiary/aromatic N) is 2. The molecule has 1 fully saturated rings. The number of rotatable bonds is 4. The predicted octanol–water partition coefficient (Wildman–Crippen LogP) is 2.36. The van der Waals surface area contributed by atoms with Crippen LogP contribution in [-0.2, 0) is 0 Å². The van der Waals surface area contributed by atoms with Gasteiger partial charge in [0.2, 0.25) is 0 Å². The number of anilines is 1. The Morgan fingerprint density at radius 1 is 1.26 bits per heavy atom. The van der Waals surface area contributed by atoms with E-state index in [0.717, 1.165) is 5.82 Å². The third-order valence-electron chi connectivity index (χ3n) is 3.28. The van der Waals surface area contributed by atoms with Gasteiger partial charge >= 0.3 is 0 Å². The molecule has 1 aromatic rings. The van der Waals surface area contributed by atoms with Gasteiger partial charge in [-0.15, -0.1) is 0 Å². The third kappa shape index (κ3) is 4.19. The lowest BCUT2D eigenvalue weighted by Gasteiger charge is -2.23. The number of hydrogen-bond donors (Lipinski definition) is 2. The van der Waals surface area contributed by atoms with Crippen molar-refractivity contribution in [3.8, 4) is 0 Å². The van der Waals surface area contributed by atoms with E-state index in [1.165, 1.54) is 38.4 Å². The van der Waals surface area contributed by atoms with Gasteiger partial charge in [-0.2, -0.15) is 0 Å². The molecule has 0 unspecified atom stereocenters. The summed E-state index contributed by atoms with van der Waals surface area (Å²) in [6.07, 6.45) is 7.66. The van der Waals surface area contributed by atoms with Gasteiger partial charge < -0.3 is 10.6 Å². The zero-order chi connectivity index (χ0) is 13.7. The van der Waals surface area contributed by atoms with Gasteiger partial charge in [0.05, 0.1) is 0 Å². The van der Waals surface area contributed by atoms with E-state index in [4.69, 9.17) is 0 Å². The first-order chi connectivity index (χ1) is 9.15. The van der Waals surface area contributed by atoms with Crippen LogP contribution in [0.25, 0.3) is 0 Å². The molecule has 0 spiro atoms. The van der Waals surface area contributed by atoms with Crippen molar-refractivity contribution in [2.24, 2.45) is 0 Å². The number of carbonyl (C=O) groups is 1. The van der Waals surface area contributed by atoms with Crippen LogP contribution in [0.2, 0.25) is 0 Å². The summed E-state index contributed by atoms with van der Waals surface area (Å²) in [7, 11) is 0. The molecule has 0 bridgehead atoms. The maximum atomic E-state index is 11.9. The van der Waals surface area contributed by atoms with Crippen molar-refractivity contribution in [3.63, 3.8) is 0 Å². The second-order valence-corrected chi connectivity index (χ2v) is 5.40. The second kappa shape index (κ2) is 6.50. The molecule has 1 aliphatic carbocycles. The minimum atomic E-state index is -0.149. The molecule has 1 aromatic heterocycles. The molecule has 19 heavy (non-hydrogen) atoms. The highest BCUT2D eigenvalue weighted by Crippen LogP contribution is 2.20. The highest BCUT2D eigenvalue weighted by molar-refractivity contribution is 5.92. The minimum absolute atomic E-state index is 0.109. The van der Waals surface area contributed by atoms with Crippen molar-refractivity contribution in [1.29, 1.82) is 0 Å². The predicted molar refractivity (Wildman–Crippen MR) is 75.1 cm³/mol. The molecule has 5 nitrogen and oxygen atoms in total. The van der Waals surface area contributed by atoms with E-state index < -0.39 is 0 Å². The molecule has 5 heteroatoms. The maximum absolute atomic E-state index is 11.9. The summed E-state index contributed by atoms with van der Waals surface area (Å²) in [5, 5.41) is 6.23. The van der Waals surface area contributed by atoms with Crippen LogP contribution in [-0.4, -0.2) is 28.0 Å². The van der Waals surface area contributed by atoms with Crippen LogP contribution >= 0.6 is 0 Å². The van der Waals surface area contributed by atoms with E-state index >= 15 is 0 Å². The summed E-state index contributed by atoms with van der Waals surface area (Å²) in [4.78, 5) is 20.1. The van der Waals surface area contributed by atoms with Crippen LogP contribution in [0.4, 0.5) is 5.82 Å². The molecule has 0 aromatic carbocycles. The maximum Gasteiger partial charge on any atom is 0.270 e. The van der Waals surface area contributed by atoms with Crippen molar-refractivity contribution in [2.45, 2.75) is 58.0 Å². The Morgan fingerprint density at radius 3 is 2.68 bits per heavy atom. The van der Waals surface area contributed by atoms with Crippen molar-refractivity contribution < 1.29 is 4.79 Å². The fourth-order valence-corrected chi connectivity index (χ4v) is 2.35. The summed E-state index contributed by atoms with van der Waals surface area (Å²) >= 11 is 0. The van der Waals surface area contributed by atoms with Gasteiger partial charge in [-0.05, 0) is 26.7 Å². The van der Waals surface area contributed by atoms with E-state index in [0.29, 0.717) is 11.7 Å². The molecular formula is C14H22N4O. The molecular weight excluding hydrogens is 240 g/mol. The molecule has 104 valence electrons. The molecule has 1 heterocycles. The fourth-order valence-electron chi connectivity index (χ4n) is 2.35. The normalized spacial score (nSPS) is 16.4. The second-order valence-electron chi connectivity index (χ2n) is 5.40. The average molecular weight is 262 g/mol. The molecule has 0 saturated heterocycles. The van der Waals surface area contributed by atoms with Gasteiger partial charge in [0.1, 0.15) is 17.8 Å². The SMILES string of the molecule is CC(C)NC(=O)c1cc(NC2CCCCC2)ncn1. The number of hydrogen-bond acceptors (Lipinski definition) is 4. The number of amides is 1. The Balaban J connectivity index is 1.99. The first kappa shape index (κ1) is 13.8. The van der Waals surface area contributed by atoms with Gasteiger partial charge in [-0.1, -0.05) is 19.3 Å². The van der Waals surface area contributed by atoms with E-state index in [2.05, 4.69) is 20.6 Å². The molecule has 0 atom stereocenters. The first-order valence-electron chi connectivity index (χ1n) is 7.04. The lowest BCUT2D eigenvalue weighted by atomic mass is 9.95. The molecule has 1 amide bonds. The number of nitrogens with one attached hydrogen (secondary N) is 2. The standard InChI is InChI=1S/C14H22N4O/c1-10(2)17-14(19)12-8-13(16-9-15-12)18-11-6-4-3-5-7-11/h8-11H,3-7H2,1-2H3,(H,17,19)(H,15,16,18). The van der Waals surface area contributed by atoms with Crippen LogP contribution in [0, 0.1) is 0 Å². The quantitative estimate of drug-likeness (QED) is 0.874. The summed E-state index contributed by atoms with van der Waals surface area (Å²) in [5.74, 6) is 0.597. The molecule has 2 N–H and O–H groups in total. The largest absolute Gasteiger partial charge is 0.367 e. The molecule has 2 rings (SSSR count). The monoisotopic (exact) mass is 262 g/mol. The summed E-state index contributed by atoms with van der Waals surface area (Å²) in [6.45, 7) is 3.86. The van der Waals surface area contributed by atoms with Crippen LogP contribution in [0.15, 0.2) is 12.4 Å². The highest BCUT2D eigenvalue weighted by Gasteiger charge is 2.15. The molecule has 0 aliphatic heterocycles. The smallest absolute Gasteiger partial charge is 0.270 e. The van der Waals surface area contributed by atoms with Gasteiger partial charge in [0.25, 0.3) is 5.91 Å². The summed E-state index contributed by atoms with van der Waals surface area (Å²) in [6, 6.07) is 2.31. The third-order valence-corrected chi connectivity index (χ3v) is 3.28. The Morgan fingerprint density at radius 2 is 2.00 bits per heavy atom. The first-order valence-corrected chi connectivity index (χ1v) is 7.04. The Hall–Kier alpha value is -1.65. The van der Waals surface area contributed by atoms with Crippen LogP contribution in [0.3, 0.4) is 0 Å². The Kier molecular flexibility index (Phi) is 4.71. The van der Waals surface area contributed by atoms with E-state index in [1.807, 2.05) is 13.8 Å². The van der Waals surface area contributed by atoms with Crippen LogP contribution < -0.4 is 10.6 Å². The van der Waals surface area contributed by atoms with Gasteiger partial charge in [0, 0.05) is 18.2 Å². The average Bonchev–Trinajstić information content (AvgIpc) is 2.39. The summed E-state index contributed by atoms with van der Waals surface area (Å²) in [5.41, 5.74) is 0.419. The number of aromatic nitrogens is 2. The van der Waals surface area contributed by atoms with E-state index in [1.54, 1.807) is 6.07 Å². The molecule has 0 radical (unpaired) electrons. The highest BCUT2D eigenvalue weighted by atomic mass is 16.1.